The van der Waals surface area contributed by atoms with Crippen molar-refractivity contribution in [2.75, 3.05) is 5.88 Å². The van der Waals surface area contributed by atoms with Crippen molar-refractivity contribution in [2.24, 2.45) is 0 Å². The van der Waals surface area contributed by atoms with Crippen molar-refractivity contribution < 1.29 is 0 Å². The van der Waals surface area contributed by atoms with Gasteiger partial charge >= 0.3 is 0 Å². The number of aromatic nitrogens is 3. The van der Waals surface area contributed by atoms with Gasteiger partial charge in [-0.3, -0.25) is 0 Å². The molecule has 0 N–H and O–H groups in total. The van der Waals surface area contributed by atoms with Gasteiger partial charge in [0.15, 0.2) is 0 Å². The van der Waals surface area contributed by atoms with Gasteiger partial charge in [0.1, 0.15) is 5.52 Å². The van der Waals surface area contributed by atoms with Crippen LogP contribution in [-0.4, -0.2) is 20.9 Å². The Kier molecular flexibility index (Phi) is 2.89. The van der Waals surface area contributed by atoms with Crippen LogP contribution in [0.2, 0.25) is 5.02 Å². The molecule has 2 aromatic rings. The van der Waals surface area contributed by atoms with Gasteiger partial charge in [0.05, 0.1) is 5.52 Å². The smallest absolute Gasteiger partial charge is 0.113 e. The van der Waals surface area contributed by atoms with E-state index in [-0.39, 0.29) is 0 Å². The number of rotatable bonds is 3. The largest absolute Gasteiger partial charge is 0.245 e. The molecule has 1 aromatic carbocycles. The summed E-state index contributed by atoms with van der Waals surface area (Å²) in [5.74, 6) is 0.627. The van der Waals surface area contributed by atoms with E-state index < -0.39 is 0 Å². The monoisotopic (exact) mass is 229 g/mol. The molecule has 0 aliphatic carbocycles. The Morgan fingerprint density at radius 2 is 2.21 bits per heavy atom. The number of aryl methyl sites for hydroxylation is 1. The number of hydrogen-bond donors (Lipinski definition) is 0. The molecule has 0 fully saturated rings. The van der Waals surface area contributed by atoms with Gasteiger partial charge in [-0.2, -0.15) is 0 Å². The quantitative estimate of drug-likeness (QED) is 0.759. The number of halogens is 2. The van der Waals surface area contributed by atoms with E-state index in [1.807, 2.05) is 22.9 Å². The fourth-order valence-electron chi connectivity index (χ4n) is 1.31. The molecule has 2 rings (SSSR count). The van der Waals surface area contributed by atoms with Crippen LogP contribution >= 0.6 is 23.2 Å². The van der Waals surface area contributed by atoms with Gasteiger partial charge < -0.3 is 0 Å². The summed E-state index contributed by atoms with van der Waals surface area (Å²) in [7, 11) is 0. The van der Waals surface area contributed by atoms with Crippen molar-refractivity contribution in [1.29, 1.82) is 0 Å². The van der Waals surface area contributed by atoms with Crippen LogP contribution in [-0.2, 0) is 6.54 Å². The molecule has 3 nitrogen and oxygen atoms in total. The highest BCUT2D eigenvalue weighted by Crippen LogP contribution is 2.17. The van der Waals surface area contributed by atoms with Gasteiger partial charge in [-0.1, -0.05) is 16.8 Å². The number of fused-ring (bicyclic) bond motifs is 1. The summed E-state index contributed by atoms with van der Waals surface area (Å²) in [6, 6.07) is 5.54. The Morgan fingerprint density at radius 3 is 3.00 bits per heavy atom. The minimum atomic E-state index is 0.627. The maximum atomic E-state index is 5.89. The third-order valence-corrected chi connectivity index (χ3v) is 2.48. The summed E-state index contributed by atoms with van der Waals surface area (Å²) in [6.45, 7) is 0.778. The summed E-state index contributed by atoms with van der Waals surface area (Å²) in [5, 5.41) is 8.75. The zero-order chi connectivity index (χ0) is 9.97. The van der Waals surface area contributed by atoms with Crippen LogP contribution in [0.5, 0.6) is 0 Å². The van der Waals surface area contributed by atoms with Crippen LogP contribution in [0.3, 0.4) is 0 Å². The van der Waals surface area contributed by atoms with E-state index in [1.165, 1.54) is 0 Å². The second-order valence-corrected chi connectivity index (χ2v) is 3.80. The number of alkyl halides is 1. The predicted octanol–water partition coefficient (Wildman–Crippen LogP) is 2.71. The van der Waals surface area contributed by atoms with E-state index in [0.29, 0.717) is 10.9 Å². The van der Waals surface area contributed by atoms with Crippen molar-refractivity contribution in [3.05, 3.63) is 23.2 Å². The highest BCUT2D eigenvalue weighted by molar-refractivity contribution is 6.31. The minimum Gasteiger partial charge on any atom is -0.245 e. The van der Waals surface area contributed by atoms with Crippen LogP contribution in [0, 0.1) is 0 Å². The molecule has 0 saturated carbocycles. The van der Waals surface area contributed by atoms with Crippen LogP contribution in [0.15, 0.2) is 18.2 Å². The molecule has 0 bridgehead atoms. The maximum Gasteiger partial charge on any atom is 0.113 e. The highest BCUT2D eigenvalue weighted by atomic mass is 35.5. The molecule has 1 heterocycles. The van der Waals surface area contributed by atoms with Crippen LogP contribution in [0.1, 0.15) is 6.42 Å². The molecule has 0 amide bonds. The van der Waals surface area contributed by atoms with Crippen LogP contribution < -0.4 is 0 Å². The summed E-state index contributed by atoms with van der Waals surface area (Å²) in [6.07, 6.45) is 0.881. The molecule has 1 aromatic heterocycles. The molecule has 14 heavy (non-hydrogen) atoms. The van der Waals surface area contributed by atoms with Gasteiger partial charge in [0, 0.05) is 17.4 Å². The first-order valence-electron chi connectivity index (χ1n) is 4.36. The average Bonchev–Trinajstić information content (AvgIpc) is 2.57. The van der Waals surface area contributed by atoms with Gasteiger partial charge in [-0.25, -0.2) is 4.68 Å². The summed E-state index contributed by atoms with van der Waals surface area (Å²) < 4.78 is 1.82. The Hall–Kier alpha value is -0.800. The molecular formula is C9H9Cl2N3. The molecule has 0 aliphatic heterocycles. The standard InChI is InChI=1S/C9H9Cl2N3/c10-4-1-5-14-9-6-7(11)2-3-8(9)12-13-14/h2-3,6H,1,4-5H2. The van der Waals surface area contributed by atoms with Crippen molar-refractivity contribution in [2.45, 2.75) is 13.0 Å². The van der Waals surface area contributed by atoms with E-state index in [0.717, 1.165) is 24.0 Å². The second kappa shape index (κ2) is 4.15. The second-order valence-electron chi connectivity index (χ2n) is 2.99. The lowest BCUT2D eigenvalue weighted by Crippen LogP contribution is -2.00. The topological polar surface area (TPSA) is 30.7 Å². The van der Waals surface area contributed by atoms with Crippen LogP contribution in [0.4, 0.5) is 0 Å². The average molecular weight is 230 g/mol. The molecule has 0 radical (unpaired) electrons. The zero-order valence-electron chi connectivity index (χ0n) is 7.45. The van der Waals surface area contributed by atoms with Gasteiger partial charge in [-0.15, -0.1) is 16.7 Å². The van der Waals surface area contributed by atoms with Crippen molar-refractivity contribution >= 4 is 34.2 Å². The van der Waals surface area contributed by atoms with Gasteiger partial charge in [0.2, 0.25) is 0 Å². The number of hydrogen-bond acceptors (Lipinski definition) is 2. The third kappa shape index (κ3) is 1.83. The Bertz CT molecular complexity index is 439. The van der Waals surface area contributed by atoms with Crippen molar-refractivity contribution in [3.8, 4) is 0 Å². The fraction of sp³-hybridized carbons (Fsp3) is 0.333. The summed E-state index contributed by atoms with van der Waals surface area (Å²) in [5.41, 5.74) is 1.83. The highest BCUT2D eigenvalue weighted by Gasteiger charge is 2.03. The third-order valence-electron chi connectivity index (χ3n) is 1.98. The lowest BCUT2D eigenvalue weighted by Gasteiger charge is -1.99. The van der Waals surface area contributed by atoms with Gasteiger partial charge in [-0.05, 0) is 24.6 Å². The predicted molar refractivity (Wildman–Crippen MR) is 57.9 cm³/mol. The Labute approximate surface area is 91.6 Å². The Balaban J connectivity index is 2.40. The van der Waals surface area contributed by atoms with Crippen molar-refractivity contribution in [1.82, 2.24) is 15.0 Å². The molecule has 0 aliphatic rings. The molecule has 0 spiro atoms. The van der Waals surface area contributed by atoms with E-state index in [4.69, 9.17) is 23.2 Å². The lowest BCUT2D eigenvalue weighted by molar-refractivity contribution is 0.598. The molecule has 0 atom stereocenters. The first-order chi connectivity index (χ1) is 6.81. The minimum absolute atomic E-state index is 0.627. The van der Waals surface area contributed by atoms with Crippen molar-refractivity contribution in [3.63, 3.8) is 0 Å². The SMILES string of the molecule is ClCCCn1nnc2ccc(Cl)cc21. The number of benzene rings is 1. The maximum absolute atomic E-state index is 5.89. The first-order valence-corrected chi connectivity index (χ1v) is 5.27. The van der Waals surface area contributed by atoms with E-state index in [1.54, 1.807) is 0 Å². The number of nitrogens with zero attached hydrogens (tertiary/aromatic N) is 3. The molecule has 0 saturated heterocycles. The molecule has 5 heteroatoms. The summed E-state index contributed by atoms with van der Waals surface area (Å²) in [4.78, 5) is 0. The van der Waals surface area contributed by atoms with E-state index in [9.17, 15) is 0 Å². The molecule has 0 unspecified atom stereocenters. The zero-order valence-corrected chi connectivity index (χ0v) is 8.96. The normalized spacial score (nSPS) is 11.0. The van der Waals surface area contributed by atoms with E-state index in [2.05, 4.69) is 10.3 Å². The van der Waals surface area contributed by atoms with Gasteiger partial charge in [0.25, 0.3) is 0 Å². The summed E-state index contributed by atoms with van der Waals surface area (Å²) >= 11 is 11.5. The van der Waals surface area contributed by atoms with Crippen LogP contribution in [0.25, 0.3) is 11.0 Å². The molecule has 74 valence electrons. The fourth-order valence-corrected chi connectivity index (χ4v) is 1.60. The van der Waals surface area contributed by atoms with E-state index >= 15 is 0 Å². The molecular weight excluding hydrogens is 221 g/mol. The first kappa shape index (κ1) is 9.74. The Morgan fingerprint density at radius 1 is 1.36 bits per heavy atom. The lowest BCUT2D eigenvalue weighted by atomic mass is 10.3.